The van der Waals surface area contributed by atoms with E-state index in [9.17, 15) is 14.3 Å². The highest BCUT2D eigenvalue weighted by Gasteiger charge is 2.58. The van der Waals surface area contributed by atoms with E-state index in [1.807, 2.05) is 0 Å². The topological polar surface area (TPSA) is 37.3 Å². The molecule has 1 saturated carbocycles. The maximum atomic E-state index is 13.5. The molecule has 0 unspecified atom stereocenters. The summed E-state index contributed by atoms with van der Waals surface area (Å²) < 4.78 is 13.5. The van der Waals surface area contributed by atoms with Gasteiger partial charge in [0.05, 0.1) is 5.41 Å². The van der Waals surface area contributed by atoms with Gasteiger partial charge in [-0.05, 0) is 24.6 Å². The molecule has 0 amide bonds. The molecule has 1 aliphatic rings. The van der Waals surface area contributed by atoms with Gasteiger partial charge in [0, 0.05) is 17.9 Å². The summed E-state index contributed by atoms with van der Waals surface area (Å²) in [5.41, 5.74) is -1.83. The van der Waals surface area contributed by atoms with Crippen molar-refractivity contribution in [3.05, 3.63) is 34.9 Å². The summed E-state index contributed by atoms with van der Waals surface area (Å²) in [6.45, 7) is 1.43. The van der Waals surface area contributed by atoms with Gasteiger partial charge < -0.3 is 5.11 Å². The van der Waals surface area contributed by atoms with Crippen molar-refractivity contribution in [3.8, 4) is 0 Å². The van der Waals surface area contributed by atoms with Crippen molar-refractivity contribution in [3.63, 3.8) is 0 Å². The molecule has 0 heterocycles. The van der Waals surface area contributed by atoms with Crippen LogP contribution in [-0.2, 0) is 10.2 Å². The first-order chi connectivity index (χ1) is 7.36. The number of carboxylic acid groups (broad SMARTS) is 1. The number of halogens is 2. The van der Waals surface area contributed by atoms with E-state index in [1.54, 1.807) is 24.3 Å². The van der Waals surface area contributed by atoms with Crippen molar-refractivity contribution in [1.29, 1.82) is 0 Å². The predicted molar refractivity (Wildman–Crippen MR) is 59.5 cm³/mol. The Balaban J connectivity index is 2.36. The maximum absolute atomic E-state index is 13.5. The molecule has 1 aliphatic carbocycles. The van der Waals surface area contributed by atoms with Crippen LogP contribution in [-0.4, -0.2) is 16.7 Å². The normalized spacial score (nSPS) is 33.2. The first-order valence-electron chi connectivity index (χ1n) is 5.04. The number of aliphatic carboxylic acids is 1. The molecule has 0 aliphatic heterocycles. The number of rotatable bonds is 2. The molecular weight excluding hydrogens is 231 g/mol. The minimum atomic E-state index is -1.38. The Kier molecular flexibility index (Phi) is 2.46. The molecule has 0 spiro atoms. The van der Waals surface area contributed by atoms with Crippen LogP contribution < -0.4 is 0 Å². The molecule has 0 aromatic heterocycles. The van der Waals surface area contributed by atoms with Crippen molar-refractivity contribution in [2.75, 3.05) is 0 Å². The lowest BCUT2D eigenvalue weighted by molar-refractivity contribution is -0.155. The Morgan fingerprint density at radius 1 is 1.38 bits per heavy atom. The highest BCUT2D eigenvalue weighted by Crippen LogP contribution is 2.52. The molecule has 4 heteroatoms. The van der Waals surface area contributed by atoms with Crippen molar-refractivity contribution in [2.24, 2.45) is 0 Å². The van der Waals surface area contributed by atoms with Gasteiger partial charge in [-0.25, -0.2) is 4.39 Å². The lowest BCUT2D eigenvalue weighted by atomic mass is 9.57. The molecule has 86 valence electrons. The van der Waals surface area contributed by atoms with Gasteiger partial charge in [0.2, 0.25) is 0 Å². The van der Waals surface area contributed by atoms with Crippen LogP contribution in [0.25, 0.3) is 0 Å². The molecule has 1 aromatic rings. The Bertz CT molecular complexity index is 417. The van der Waals surface area contributed by atoms with Gasteiger partial charge in [0.1, 0.15) is 5.67 Å². The molecule has 2 rings (SSSR count). The Labute approximate surface area is 98.0 Å². The number of alkyl halides is 1. The first kappa shape index (κ1) is 11.4. The number of carboxylic acids is 1. The number of carbonyl (C=O) groups is 1. The van der Waals surface area contributed by atoms with E-state index in [4.69, 9.17) is 11.6 Å². The van der Waals surface area contributed by atoms with E-state index in [2.05, 4.69) is 0 Å². The summed E-state index contributed by atoms with van der Waals surface area (Å²) >= 11 is 5.74. The smallest absolute Gasteiger partial charge is 0.314 e. The predicted octanol–water partition coefficient (Wildman–Crippen LogP) is 3.18. The fraction of sp³-hybridized carbons (Fsp3) is 0.417. The third-order valence-electron chi connectivity index (χ3n) is 3.15. The van der Waals surface area contributed by atoms with Crippen LogP contribution in [0.3, 0.4) is 0 Å². The molecule has 16 heavy (non-hydrogen) atoms. The average Bonchev–Trinajstić information content (AvgIpc) is 2.14. The third kappa shape index (κ3) is 1.69. The zero-order valence-electron chi connectivity index (χ0n) is 8.84. The van der Waals surface area contributed by atoms with Crippen LogP contribution in [0.5, 0.6) is 0 Å². The van der Waals surface area contributed by atoms with E-state index >= 15 is 0 Å². The summed E-state index contributed by atoms with van der Waals surface area (Å²) in [6, 6.07) is 6.59. The van der Waals surface area contributed by atoms with Gasteiger partial charge in [-0.2, -0.15) is 0 Å². The van der Waals surface area contributed by atoms with Gasteiger partial charge >= 0.3 is 5.97 Å². The molecule has 0 saturated heterocycles. The van der Waals surface area contributed by atoms with Crippen LogP contribution in [0.2, 0.25) is 5.02 Å². The highest BCUT2D eigenvalue weighted by molar-refractivity contribution is 6.30. The van der Waals surface area contributed by atoms with Gasteiger partial charge in [0.15, 0.2) is 0 Å². The van der Waals surface area contributed by atoms with Gasteiger partial charge in [-0.1, -0.05) is 23.7 Å². The van der Waals surface area contributed by atoms with Crippen molar-refractivity contribution >= 4 is 17.6 Å². The van der Waals surface area contributed by atoms with E-state index in [1.165, 1.54) is 6.92 Å². The summed E-state index contributed by atoms with van der Waals surface area (Å²) in [4.78, 5) is 11.3. The van der Waals surface area contributed by atoms with Crippen molar-refractivity contribution in [1.82, 2.24) is 0 Å². The zero-order chi connectivity index (χ0) is 12.0. The molecule has 1 N–H and O–H groups in total. The first-order valence-corrected chi connectivity index (χ1v) is 5.42. The molecule has 0 radical (unpaired) electrons. The number of hydrogen-bond donors (Lipinski definition) is 1. The average molecular weight is 243 g/mol. The zero-order valence-corrected chi connectivity index (χ0v) is 9.59. The fourth-order valence-electron chi connectivity index (χ4n) is 2.45. The number of hydrogen-bond acceptors (Lipinski definition) is 1. The maximum Gasteiger partial charge on any atom is 0.314 e. The summed E-state index contributed by atoms with van der Waals surface area (Å²) in [5, 5.41) is 9.79. The molecule has 0 atom stereocenters. The largest absolute Gasteiger partial charge is 0.481 e. The third-order valence-corrected chi connectivity index (χ3v) is 3.40. The van der Waals surface area contributed by atoms with E-state index in [0.29, 0.717) is 10.6 Å². The quantitative estimate of drug-likeness (QED) is 0.865. The van der Waals surface area contributed by atoms with Gasteiger partial charge in [-0.3, -0.25) is 4.79 Å². The molecule has 1 aromatic carbocycles. The van der Waals surface area contributed by atoms with Crippen LogP contribution in [0.1, 0.15) is 25.3 Å². The number of benzene rings is 1. The Morgan fingerprint density at radius 3 is 2.25 bits per heavy atom. The lowest BCUT2D eigenvalue weighted by Gasteiger charge is -2.47. The SMILES string of the molecule is CC1(F)CC(C(=O)O)(c2ccc(Cl)cc2)C1. The molecule has 0 bridgehead atoms. The minimum absolute atomic E-state index is 0.0248. The van der Waals surface area contributed by atoms with Crippen molar-refractivity contribution in [2.45, 2.75) is 30.8 Å². The van der Waals surface area contributed by atoms with Gasteiger partial charge in [-0.15, -0.1) is 0 Å². The standard InChI is InChI=1S/C12H12ClFO2/c1-11(14)6-12(7-11,10(15)16)8-2-4-9(13)5-3-8/h2-5H,6-7H2,1H3,(H,15,16). The second-order valence-electron chi connectivity index (χ2n) is 4.66. The molecular formula is C12H12ClFO2. The van der Waals surface area contributed by atoms with Crippen LogP contribution in [0.4, 0.5) is 4.39 Å². The monoisotopic (exact) mass is 242 g/mol. The Morgan fingerprint density at radius 2 is 1.88 bits per heavy atom. The summed E-state index contributed by atoms with van der Waals surface area (Å²) in [6.07, 6.45) is 0.0495. The molecule has 1 fully saturated rings. The molecule has 2 nitrogen and oxygen atoms in total. The lowest BCUT2D eigenvalue weighted by Crippen LogP contribution is -2.55. The van der Waals surface area contributed by atoms with Crippen molar-refractivity contribution < 1.29 is 14.3 Å². The minimum Gasteiger partial charge on any atom is -0.481 e. The van der Waals surface area contributed by atoms with Crippen LogP contribution in [0, 0.1) is 0 Å². The Hall–Kier alpha value is -1.09. The van der Waals surface area contributed by atoms with E-state index in [0.717, 1.165) is 0 Å². The second-order valence-corrected chi connectivity index (χ2v) is 5.10. The summed E-state index contributed by atoms with van der Waals surface area (Å²) in [5.74, 6) is -0.968. The second kappa shape index (κ2) is 3.45. The van der Waals surface area contributed by atoms with Gasteiger partial charge in [0.25, 0.3) is 0 Å². The summed E-state index contributed by atoms with van der Waals surface area (Å²) in [7, 11) is 0. The van der Waals surface area contributed by atoms with E-state index < -0.39 is 17.1 Å². The van der Waals surface area contributed by atoms with Crippen LogP contribution in [0.15, 0.2) is 24.3 Å². The van der Waals surface area contributed by atoms with E-state index in [-0.39, 0.29) is 12.8 Å². The van der Waals surface area contributed by atoms with Crippen LogP contribution >= 0.6 is 11.6 Å². The fourth-order valence-corrected chi connectivity index (χ4v) is 2.58. The highest BCUT2D eigenvalue weighted by atomic mass is 35.5.